The van der Waals surface area contributed by atoms with Crippen LogP contribution in [0.15, 0.2) is 28.7 Å². The maximum absolute atomic E-state index is 12.6. The van der Waals surface area contributed by atoms with Crippen LogP contribution in [0.2, 0.25) is 0 Å². The Morgan fingerprint density at radius 2 is 2.23 bits per heavy atom. The highest BCUT2D eigenvalue weighted by Gasteiger charge is 2.22. The highest BCUT2D eigenvalue weighted by Crippen LogP contribution is 2.28. The highest BCUT2D eigenvalue weighted by molar-refractivity contribution is 9.10. The first-order valence-corrected chi connectivity index (χ1v) is 9.79. The van der Waals surface area contributed by atoms with Gasteiger partial charge < -0.3 is 4.90 Å². The average Bonchev–Trinajstić information content (AvgIpc) is 3.17. The summed E-state index contributed by atoms with van der Waals surface area (Å²) >= 11 is 4.97. The van der Waals surface area contributed by atoms with Crippen LogP contribution in [0.3, 0.4) is 0 Å². The topological polar surface area (TPSA) is 75.9 Å². The molecule has 0 aliphatic carbocycles. The van der Waals surface area contributed by atoms with Crippen molar-refractivity contribution in [2.75, 3.05) is 18.9 Å². The number of anilines is 1. The number of nitrogens with zero attached hydrogens (tertiary/aromatic N) is 5. The molecule has 1 amide bonds. The maximum Gasteiger partial charge on any atom is 0.279 e. The summed E-state index contributed by atoms with van der Waals surface area (Å²) in [7, 11) is 2.09. The molecule has 1 aliphatic rings. The third-order valence-corrected chi connectivity index (χ3v) is 5.80. The molecule has 9 heteroatoms. The molecule has 134 valence electrons. The maximum atomic E-state index is 12.6. The normalized spacial score (nSPS) is 14.3. The van der Waals surface area contributed by atoms with Crippen molar-refractivity contribution < 1.29 is 4.79 Å². The Balaban J connectivity index is 1.56. The van der Waals surface area contributed by atoms with Gasteiger partial charge in [-0.25, -0.2) is 9.67 Å². The molecule has 0 saturated heterocycles. The zero-order valence-electron chi connectivity index (χ0n) is 14.4. The molecule has 26 heavy (non-hydrogen) atoms. The van der Waals surface area contributed by atoms with Gasteiger partial charge in [-0.3, -0.25) is 10.1 Å². The van der Waals surface area contributed by atoms with Crippen LogP contribution in [0.25, 0.3) is 5.69 Å². The van der Waals surface area contributed by atoms with E-state index in [1.54, 1.807) is 4.68 Å². The largest absolute Gasteiger partial charge is 0.301 e. The monoisotopic (exact) mass is 432 g/mol. The number of carbonyl (C=O) groups excluding carboxylic acids is 1. The first kappa shape index (κ1) is 17.3. The van der Waals surface area contributed by atoms with Gasteiger partial charge >= 0.3 is 0 Å². The van der Waals surface area contributed by atoms with E-state index in [1.807, 2.05) is 31.2 Å². The third-order valence-electron chi connectivity index (χ3n) is 4.30. The van der Waals surface area contributed by atoms with Gasteiger partial charge in [-0.2, -0.15) is 0 Å². The Bertz CT molecular complexity index is 982. The Kier molecular flexibility index (Phi) is 4.60. The molecule has 0 fully saturated rings. The molecular formula is C17H17BrN6OS. The lowest BCUT2D eigenvalue weighted by Gasteiger charge is -2.20. The standard InChI is InChI=1S/C17H17BrN6OS/c1-10-15(21-22-24(10)12-5-3-4-11(18)8-12)16(25)20-17-19-13-6-7-23(2)9-14(13)26-17/h3-5,8H,6-7,9H2,1-2H3,(H,19,20,25). The fourth-order valence-electron chi connectivity index (χ4n) is 2.93. The number of fused-ring (bicyclic) bond motifs is 1. The Morgan fingerprint density at radius 1 is 1.38 bits per heavy atom. The molecule has 0 bridgehead atoms. The molecule has 0 atom stereocenters. The number of thiazole rings is 1. The van der Waals surface area contributed by atoms with Gasteiger partial charge in [0.1, 0.15) is 0 Å². The van der Waals surface area contributed by atoms with Crippen molar-refractivity contribution in [3.05, 3.63) is 50.7 Å². The Morgan fingerprint density at radius 3 is 3.04 bits per heavy atom. The minimum atomic E-state index is -0.289. The lowest BCUT2D eigenvalue weighted by molar-refractivity contribution is 0.102. The lowest BCUT2D eigenvalue weighted by atomic mass is 10.2. The van der Waals surface area contributed by atoms with Crippen LogP contribution in [0.4, 0.5) is 5.13 Å². The number of amides is 1. The van der Waals surface area contributed by atoms with E-state index < -0.39 is 0 Å². The lowest BCUT2D eigenvalue weighted by Crippen LogP contribution is -2.25. The van der Waals surface area contributed by atoms with Crippen molar-refractivity contribution in [1.29, 1.82) is 0 Å². The second-order valence-electron chi connectivity index (χ2n) is 6.25. The molecule has 0 saturated carbocycles. The number of hydrogen-bond acceptors (Lipinski definition) is 6. The summed E-state index contributed by atoms with van der Waals surface area (Å²) < 4.78 is 2.59. The number of aromatic nitrogens is 4. The predicted octanol–water partition coefficient (Wildman–Crippen LogP) is 3.03. The van der Waals surface area contributed by atoms with Gasteiger partial charge in [0.15, 0.2) is 10.8 Å². The molecule has 1 aliphatic heterocycles. The fraction of sp³-hybridized carbons (Fsp3) is 0.294. The molecule has 0 spiro atoms. The first-order valence-electron chi connectivity index (χ1n) is 8.18. The minimum absolute atomic E-state index is 0.289. The Labute approximate surface area is 163 Å². The zero-order valence-corrected chi connectivity index (χ0v) is 16.8. The van der Waals surface area contributed by atoms with Crippen molar-refractivity contribution in [1.82, 2.24) is 24.9 Å². The summed E-state index contributed by atoms with van der Waals surface area (Å²) in [4.78, 5) is 20.7. The molecule has 0 unspecified atom stereocenters. The van der Waals surface area contributed by atoms with E-state index in [0.29, 0.717) is 16.5 Å². The van der Waals surface area contributed by atoms with Gasteiger partial charge in [0, 0.05) is 28.9 Å². The number of carbonyl (C=O) groups is 1. The van der Waals surface area contributed by atoms with Crippen molar-refractivity contribution in [2.45, 2.75) is 19.9 Å². The summed E-state index contributed by atoms with van der Waals surface area (Å²) in [6.07, 6.45) is 0.913. The smallest absolute Gasteiger partial charge is 0.279 e. The van der Waals surface area contributed by atoms with E-state index in [-0.39, 0.29) is 5.91 Å². The van der Waals surface area contributed by atoms with Crippen LogP contribution in [-0.2, 0) is 13.0 Å². The van der Waals surface area contributed by atoms with Gasteiger partial charge in [-0.15, -0.1) is 16.4 Å². The SMILES string of the molecule is Cc1c(C(=O)Nc2nc3c(s2)CN(C)CC3)nnn1-c1cccc(Br)c1. The number of likely N-dealkylation sites (N-methyl/N-ethyl adjacent to an activating group) is 1. The molecule has 1 N–H and O–H groups in total. The van der Waals surface area contributed by atoms with E-state index in [2.05, 4.69) is 48.5 Å². The molecule has 3 aromatic rings. The number of rotatable bonds is 3. The highest BCUT2D eigenvalue weighted by atomic mass is 79.9. The van der Waals surface area contributed by atoms with Crippen LogP contribution in [0.1, 0.15) is 26.8 Å². The van der Waals surface area contributed by atoms with E-state index in [4.69, 9.17) is 0 Å². The summed E-state index contributed by atoms with van der Waals surface area (Å²) in [5, 5.41) is 11.7. The predicted molar refractivity (Wildman–Crippen MR) is 104 cm³/mol. The van der Waals surface area contributed by atoms with Gasteiger partial charge in [0.2, 0.25) is 0 Å². The van der Waals surface area contributed by atoms with Crippen LogP contribution < -0.4 is 5.32 Å². The summed E-state index contributed by atoms with van der Waals surface area (Å²) in [5.74, 6) is -0.289. The number of nitrogens with one attached hydrogen (secondary N) is 1. The van der Waals surface area contributed by atoms with Gasteiger partial charge in [0.05, 0.1) is 17.1 Å². The Hall–Kier alpha value is -2.10. The van der Waals surface area contributed by atoms with Crippen molar-refractivity contribution >= 4 is 38.3 Å². The molecule has 2 aromatic heterocycles. The van der Waals surface area contributed by atoms with Crippen molar-refractivity contribution in [2.24, 2.45) is 0 Å². The molecule has 3 heterocycles. The van der Waals surface area contributed by atoms with Crippen LogP contribution in [0.5, 0.6) is 0 Å². The van der Waals surface area contributed by atoms with Gasteiger partial charge in [0.25, 0.3) is 5.91 Å². The second-order valence-corrected chi connectivity index (χ2v) is 8.25. The molecular weight excluding hydrogens is 416 g/mol. The van der Waals surface area contributed by atoms with Crippen molar-refractivity contribution in [3.63, 3.8) is 0 Å². The van der Waals surface area contributed by atoms with E-state index in [9.17, 15) is 4.79 Å². The fourth-order valence-corrected chi connectivity index (χ4v) is 4.40. The van der Waals surface area contributed by atoms with Crippen LogP contribution in [-0.4, -0.2) is 44.4 Å². The second kappa shape index (κ2) is 6.90. The summed E-state index contributed by atoms with van der Waals surface area (Å²) in [6, 6.07) is 7.69. The first-order chi connectivity index (χ1) is 12.5. The zero-order chi connectivity index (χ0) is 18.3. The van der Waals surface area contributed by atoms with Crippen molar-refractivity contribution in [3.8, 4) is 5.69 Å². The summed E-state index contributed by atoms with van der Waals surface area (Å²) in [5.41, 5.74) is 2.91. The number of benzene rings is 1. The van der Waals surface area contributed by atoms with Crippen LogP contribution in [0, 0.1) is 6.92 Å². The van der Waals surface area contributed by atoms with Gasteiger partial charge in [-0.05, 0) is 32.2 Å². The molecule has 1 aromatic carbocycles. The quantitative estimate of drug-likeness (QED) is 0.687. The van der Waals surface area contributed by atoms with Gasteiger partial charge in [-0.1, -0.05) is 27.2 Å². The van der Waals surface area contributed by atoms with Crippen LogP contribution >= 0.6 is 27.3 Å². The number of halogens is 1. The molecule has 0 radical (unpaired) electrons. The van der Waals surface area contributed by atoms with E-state index in [1.165, 1.54) is 16.2 Å². The summed E-state index contributed by atoms with van der Waals surface area (Å²) in [6.45, 7) is 3.70. The van der Waals surface area contributed by atoms with E-state index in [0.717, 1.165) is 35.4 Å². The molecule has 7 nitrogen and oxygen atoms in total. The molecule has 4 rings (SSSR count). The minimum Gasteiger partial charge on any atom is -0.301 e. The number of hydrogen-bond donors (Lipinski definition) is 1. The average molecular weight is 433 g/mol. The van der Waals surface area contributed by atoms with E-state index >= 15 is 0 Å². The third kappa shape index (κ3) is 3.29.